The van der Waals surface area contributed by atoms with Crippen LogP contribution in [0.15, 0.2) is 33.7 Å². The predicted molar refractivity (Wildman–Crippen MR) is 55.0 cm³/mol. The van der Waals surface area contributed by atoms with Crippen LogP contribution in [0, 0.1) is 0 Å². The first-order valence-electron chi connectivity index (χ1n) is 3.47. The molecule has 0 aliphatic heterocycles. The lowest BCUT2D eigenvalue weighted by Crippen LogP contribution is -1.83. The molecule has 13 heavy (non-hydrogen) atoms. The maximum Gasteiger partial charge on any atom is 0.141 e. The zero-order chi connectivity index (χ0) is 9.10. The minimum atomic E-state index is 1.07. The Balaban J connectivity index is 2.14. The molecule has 0 bridgehead atoms. The molecule has 0 aliphatic carbocycles. The quantitative estimate of drug-likeness (QED) is 0.772. The third-order valence-electron chi connectivity index (χ3n) is 1.31. The molecule has 0 saturated carbocycles. The van der Waals surface area contributed by atoms with E-state index in [9.17, 15) is 0 Å². The van der Waals surface area contributed by atoms with E-state index in [-0.39, 0.29) is 0 Å². The van der Waals surface area contributed by atoms with Crippen LogP contribution < -0.4 is 0 Å². The summed E-state index contributed by atoms with van der Waals surface area (Å²) >= 11 is 4.99. The van der Waals surface area contributed by atoms with Crippen LogP contribution in [0.4, 0.5) is 0 Å². The van der Waals surface area contributed by atoms with Gasteiger partial charge in [-0.1, -0.05) is 0 Å². The second kappa shape index (κ2) is 3.80. The molecule has 0 unspecified atom stereocenters. The number of halogens is 1. The Labute approximate surface area is 87.1 Å². The van der Waals surface area contributed by atoms with Crippen LogP contribution >= 0.6 is 27.3 Å². The molecule has 2 rings (SSSR count). The molecule has 0 spiro atoms. The molecule has 4 nitrogen and oxygen atoms in total. The highest BCUT2D eigenvalue weighted by molar-refractivity contribution is 9.10. The molecule has 6 heteroatoms. The van der Waals surface area contributed by atoms with Gasteiger partial charge in [0.15, 0.2) is 0 Å². The molecule has 0 fully saturated rings. The standard InChI is InChI=1S/C7H5BrN4S/c8-6-1-7(13-3-6)2-11-12-4-9-10-5-12/h1-5H/b11-2+. The highest BCUT2D eigenvalue weighted by atomic mass is 79.9. The molecule has 0 amide bonds. The van der Waals surface area contributed by atoms with Crippen LogP contribution in [0.3, 0.4) is 0 Å². The first kappa shape index (κ1) is 8.58. The second-order valence-corrected chi connectivity index (χ2v) is 4.11. The van der Waals surface area contributed by atoms with Crippen molar-refractivity contribution in [2.45, 2.75) is 0 Å². The fourth-order valence-electron chi connectivity index (χ4n) is 0.774. The molecule has 2 aromatic heterocycles. The minimum absolute atomic E-state index is 1.07. The van der Waals surface area contributed by atoms with Crippen molar-refractivity contribution in [3.8, 4) is 0 Å². The van der Waals surface area contributed by atoms with Crippen LogP contribution in [0.1, 0.15) is 4.88 Å². The summed E-state index contributed by atoms with van der Waals surface area (Å²) in [6.07, 6.45) is 4.84. The molecule has 0 atom stereocenters. The molecule has 2 aromatic rings. The first-order chi connectivity index (χ1) is 6.34. The summed E-state index contributed by atoms with van der Waals surface area (Å²) in [5, 5.41) is 13.4. The van der Waals surface area contributed by atoms with Gasteiger partial charge in [0.25, 0.3) is 0 Å². The number of nitrogens with zero attached hydrogens (tertiary/aromatic N) is 4. The topological polar surface area (TPSA) is 43.1 Å². The van der Waals surface area contributed by atoms with Gasteiger partial charge in [-0.2, -0.15) is 5.10 Å². The SMILES string of the molecule is Brc1csc(/C=N/n2cnnc2)c1. The number of rotatable bonds is 2. The van der Waals surface area contributed by atoms with Crippen molar-refractivity contribution in [1.82, 2.24) is 14.9 Å². The van der Waals surface area contributed by atoms with E-state index in [0.29, 0.717) is 0 Å². The van der Waals surface area contributed by atoms with E-state index in [1.54, 1.807) is 34.9 Å². The Morgan fingerprint density at radius 1 is 1.46 bits per heavy atom. The maximum absolute atomic E-state index is 4.11. The average molecular weight is 257 g/mol. The van der Waals surface area contributed by atoms with E-state index in [4.69, 9.17) is 0 Å². The Morgan fingerprint density at radius 2 is 2.23 bits per heavy atom. The second-order valence-electron chi connectivity index (χ2n) is 2.25. The summed E-state index contributed by atoms with van der Waals surface area (Å²) < 4.78 is 2.62. The number of hydrogen-bond donors (Lipinski definition) is 0. The van der Waals surface area contributed by atoms with E-state index < -0.39 is 0 Å². The smallest absolute Gasteiger partial charge is 0.141 e. The summed E-state index contributed by atoms with van der Waals surface area (Å²) in [6, 6.07) is 2.00. The highest BCUT2D eigenvalue weighted by Gasteiger charge is 1.92. The first-order valence-corrected chi connectivity index (χ1v) is 5.15. The Bertz CT molecular complexity index is 406. The van der Waals surface area contributed by atoms with Gasteiger partial charge in [0.1, 0.15) is 12.7 Å². The molecule has 0 aliphatic rings. The van der Waals surface area contributed by atoms with E-state index >= 15 is 0 Å². The molecular formula is C7H5BrN4S. The Morgan fingerprint density at radius 3 is 2.85 bits per heavy atom. The van der Waals surface area contributed by atoms with Crippen LogP contribution in [0.5, 0.6) is 0 Å². The maximum atomic E-state index is 4.11. The van der Waals surface area contributed by atoms with Gasteiger partial charge in [-0.25, -0.2) is 4.68 Å². The van der Waals surface area contributed by atoms with Crippen molar-refractivity contribution < 1.29 is 0 Å². The van der Waals surface area contributed by atoms with Gasteiger partial charge in [-0.3, -0.25) is 0 Å². The van der Waals surface area contributed by atoms with Crippen molar-refractivity contribution in [3.63, 3.8) is 0 Å². The zero-order valence-corrected chi connectivity index (χ0v) is 8.86. The zero-order valence-electron chi connectivity index (χ0n) is 6.46. The van der Waals surface area contributed by atoms with Crippen molar-refractivity contribution in [2.24, 2.45) is 5.10 Å². The fourth-order valence-corrected chi connectivity index (χ4v) is 2.07. The molecule has 66 valence electrons. The van der Waals surface area contributed by atoms with E-state index in [2.05, 4.69) is 31.2 Å². The Hall–Kier alpha value is -1.01. The number of hydrogen-bond acceptors (Lipinski definition) is 4. The molecule has 0 saturated heterocycles. The summed E-state index contributed by atoms with van der Waals surface area (Å²) in [5.41, 5.74) is 0. The third-order valence-corrected chi connectivity index (χ3v) is 2.94. The predicted octanol–water partition coefficient (Wildman–Crippen LogP) is 1.98. The summed E-state index contributed by atoms with van der Waals surface area (Å²) in [6.45, 7) is 0. The number of thiophene rings is 1. The van der Waals surface area contributed by atoms with Gasteiger partial charge >= 0.3 is 0 Å². The van der Waals surface area contributed by atoms with Crippen LogP contribution in [-0.4, -0.2) is 21.1 Å². The lowest BCUT2D eigenvalue weighted by molar-refractivity contribution is 0.879. The van der Waals surface area contributed by atoms with Gasteiger partial charge < -0.3 is 0 Å². The largest absolute Gasteiger partial charge is 0.208 e. The van der Waals surface area contributed by atoms with Gasteiger partial charge in [0, 0.05) is 14.7 Å². The lowest BCUT2D eigenvalue weighted by Gasteiger charge is -1.85. The monoisotopic (exact) mass is 256 g/mol. The Kier molecular flexibility index (Phi) is 2.51. The van der Waals surface area contributed by atoms with Gasteiger partial charge in [0.2, 0.25) is 0 Å². The van der Waals surface area contributed by atoms with E-state index in [0.717, 1.165) is 9.35 Å². The normalized spacial score (nSPS) is 11.2. The molecule has 2 heterocycles. The van der Waals surface area contributed by atoms with Crippen LogP contribution in [0.2, 0.25) is 0 Å². The van der Waals surface area contributed by atoms with Crippen LogP contribution in [-0.2, 0) is 0 Å². The van der Waals surface area contributed by atoms with E-state index in [1.165, 1.54) is 0 Å². The summed E-state index contributed by atoms with van der Waals surface area (Å²) in [7, 11) is 0. The number of aromatic nitrogens is 3. The van der Waals surface area contributed by atoms with Gasteiger partial charge in [-0.05, 0) is 22.0 Å². The summed E-state index contributed by atoms with van der Waals surface area (Å²) in [5.74, 6) is 0. The van der Waals surface area contributed by atoms with E-state index in [1.807, 2.05) is 11.4 Å². The van der Waals surface area contributed by atoms with Gasteiger partial charge in [-0.15, -0.1) is 21.5 Å². The van der Waals surface area contributed by atoms with Crippen molar-refractivity contribution in [1.29, 1.82) is 0 Å². The minimum Gasteiger partial charge on any atom is -0.208 e. The van der Waals surface area contributed by atoms with Gasteiger partial charge in [0.05, 0.1) is 6.21 Å². The molecule has 0 radical (unpaired) electrons. The molecular weight excluding hydrogens is 252 g/mol. The summed E-state index contributed by atoms with van der Waals surface area (Å²) in [4.78, 5) is 1.08. The third kappa shape index (κ3) is 2.22. The lowest BCUT2D eigenvalue weighted by atomic mass is 10.5. The van der Waals surface area contributed by atoms with Crippen molar-refractivity contribution >= 4 is 33.5 Å². The molecule has 0 N–H and O–H groups in total. The highest BCUT2D eigenvalue weighted by Crippen LogP contribution is 2.17. The fraction of sp³-hybridized carbons (Fsp3) is 0. The van der Waals surface area contributed by atoms with Crippen molar-refractivity contribution in [3.05, 3.63) is 33.5 Å². The molecule has 0 aromatic carbocycles. The van der Waals surface area contributed by atoms with Crippen LogP contribution in [0.25, 0.3) is 0 Å². The van der Waals surface area contributed by atoms with Crippen molar-refractivity contribution in [2.75, 3.05) is 0 Å². The average Bonchev–Trinajstić information content (AvgIpc) is 2.71.